The Bertz CT molecular complexity index is 2250. The van der Waals surface area contributed by atoms with Crippen LogP contribution in [-0.4, -0.2) is 99.3 Å². The molecular weight excluding hydrogens is 822 g/mol. The number of nitrogen functional groups attached to an aromatic ring is 1. The van der Waals surface area contributed by atoms with Gasteiger partial charge in [0, 0.05) is 12.1 Å². The zero-order chi connectivity index (χ0) is 45.2. The van der Waals surface area contributed by atoms with Crippen LogP contribution < -0.4 is 15.2 Å². The first-order valence-corrected chi connectivity index (χ1v) is 25.1. The van der Waals surface area contributed by atoms with Gasteiger partial charge in [0.15, 0.2) is 31.4 Å². The third-order valence-corrected chi connectivity index (χ3v) is 19.7. The van der Waals surface area contributed by atoms with E-state index >= 15 is 0 Å². The highest BCUT2D eigenvalue weighted by molar-refractivity contribution is 7.51. The summed E-state index contributed by atoms with van der Waals surface area (Å²) < 4.78 is 36.9. The zero-order valence-corrected chi connectivity index (χ0v) is 39.6. The van der Waals surface area contributed by atoms with Gasteiger partial charge in [0.1, 0.15) is 50.0 Å². The molecule has 6 atom stereocenters. The van der Waals surface area contributed by atoms with Crippen molar-refractivity contribution in [3.63, 3.8) is 0 Å². The highest BCUT2D eigenvalue weighted by Gasteiger charge is 2.70. The highest BCUT2D eigenvalue weighted by atomic mass is 31.2. The quantitative estimate of drug-likeness (QED) is 0.0352. The second-order valence-corrected chi connectivity index (χ2v) is 24.5. The molecule has 2 aromatic heterocycles. The minimum absolute atomic E-state index is 0.0132. The van der Waals surface area contributed by atoms with E-state index < -0.39 is 51.9 Å². The van der Waals surface area contributed by atoms with Crippen LogP contribution >= 0.6 is 8.30 Å². The molecule has 1 aliphatic rings. The fourth-order valence-electron chi connectivity index (χ4n) is 8.32. The lowest BCUT2D eigenvalue weighted by Crippen LogP contribution is -2.62. The summed E-state index contributed by atoms with van der Waals surface area (Å²) in [5.74, 6) is 1.43. The second kappa shape index (κ2) is 18.7. The van der Waals surface area contributed by atoms with Crippen molar-refractivity contribution in [2.45, 2.75) is 120 Å². The number of rotatable bonds is 17. The van der Waals surface area contributed by atoms with Gasteiger partial charge in [-0.15, -0.1) is 0 Å². The van der Waals surface area contributed by atoms with Crippen molar-refractivity contribution in [1.29, 1.82) is 5.26 Å². The maximum absolute atomic E-state index is 14.6. The van der Waals surface area contributed by atoms with Gasteiger partial charge in [-0.3, -0.25) is 9.24 Å². The Hall–Kier alpha value is -4.49. The van der Waals surface area contributed by atoms with E-state index in [1.807, 2.05) is 107 Å². The van der Waals surface area contributed by atoms with Gasteiger partial charge in [0.25, 0.3) is 0 Å². The normalized spacial score (nSPS) is 20.8. The molecule has 16 heteroatoms. The molecule has 0 bridgehead atoms. The molecule has 1 saturated heterocycles. The van der Waals surface area contributed by atoms with Gasteiger partial charge in [-0.2, -0.15) is 5.26 Å². The Morgan fingerprint density at radius 2 is 1.45 bits per heavy atom. The molecule has 3 heterocycles. The van der Waals surface area contributed by atoms with Gasteiger partial charge >= 0.3 is 0 Å². The third-order valence-electron chi connectivity index (χ3n) is 12.3. The molecule has 2 unspecified atom stereocenters. The number of nitrogens with two attached hydrogens (primary N) is 1. The van der Waals surface area contributed by atoms with Crippen LogP contribution in [0.3, 0.4) is 0 Å². The predicted molar refractivity (Wildman–Crippen MR) is 244 cm³/mol. The number of hydrogen-bond donors (Lipinski definition) is 3. The first kappa shape index (κ1) is 47.0. The summed E-state index contributed by atoms with van der Waals surface area (Å²) in [5.41, 5.74) is 7.77. The smallest absolute Gasteiger partial charge is 0.192 e. The number of benzene rings is 3. The van der Waals surface area contributed by atoms with E-state index in [2.05, 4.69) is 59.6 Å². The van der Waals surface area contributed by atoms with Crippen LogP contribution in [-0.2, 0) is 19.1 Å². The Morgan fingerprint density at radius 1 is 0.903 bits per heavy atom. The molecule has 14 nitrogen and oxygen atoms in total. The van der Waals surface area contributed by atoms with Crippen molar-refractivity contribution >= 4 is 33.6 Å². The van der Waals surface area contributed by atoms with Crippen LogP contribution in [0.5, 0.6) is 11.5 Å². The summed E-state index contributed by atoms with van der Waals surface area (Å²) >= 11 is 0. The Balaban J connectivity index is 1.76. The van der Waals surface area contributed by atoms with E-state index in [9.17, 15) is 15.5 Å². The molecule has 0 saturated carbocycles. The summed E-state index contributed by atoms with van der Waals surface area (Å²) in [5, 5.41) is 36.0. The topological polar surface area (TPSA) is 183 Å². The summed E-state index contributed by atoms with van der Waals surface area (Å²) in [6, 6.07) is 26.7. The molecule has 3 aromatic carbocycles. The SMILES string of the molecule is COc1ccc(C(c2ccccc2)(c2ccc(OC)cc2)C(O)[C@H]2O[C@@H](n3cnc4c(N)ncnc43)[C@H](O[Si](C)(C)C(C)(C)C)[C@@]2(O)P(OCCC#N)N(C(C)C)C(C)C)cc1. The summed E-state index contributed by atoms with van der Waals surface area (Å²) in [6.45, 7) is 18.8. The van der Waals surface area contributed by atoms with Crippen molar-refractivity contribution in [2.75, 3.05) is 26.6 Å². The van der Waals surface area contributed by atoms with Crippen LogP contribution in [0.1, 0.15) is 77.8 Å². The van der Waals surface area contributed by atoms with E-state index in [1.165, 1.54) is 6.33 Å². The summed E-state index contributed by atoms with van der Waals surface area (Å²) in [7, 11) is -1.83. The number of aromatic nitrogens is 4. The van der Waals surface area contributed by atoms with Gasteiger partial charge in [0.2, 0.25) is 0 Å². The van der Waals surface area contributed by atoms with Crippen LogP contribution in [0.25, 0.3) is 11.2 Å². The minimum Gasteiger partial charge on any atom is -0.497 e. The second-order valence-electron chi connectivity index (χ2n) is 17.8. The van der Waals surface area contributed by atoms with Gasteiger partial charge in [0.05, 0.1) is 45.1 Å². The largest absolute Gasteiger partial charge is 0.497 e. The van der Waals surface area contributed by atoms with Gasteiger partial charge in [-0.1, -0.05) is 75.4 Å². The van der Waals surface area contributed by atoms with E-state index in [4.69, 9.17) is 28.9 Å². The van der Waals surface area contributed by atoms with E-state index in [-0.39, 0.29) is 36.0 Å². The lowest BCUT2D eigenvalue weighted by atomic mass is 9.64. The molecule has 0 amide bonds. The maximum atomic E-state index is 14.6. The number of anilines is 1. The number of methoxy groups -OCH3 is 2. The molecule has 0 radical (unpaired) electrons. The fraction of sp³-hybridized carbons (Fsp3) is 0.478. The lowest BCUT2D eigenvalue weighted by molar-refractivity contribution is -0.108. The minimum atomic E-state index is -2.84. The average molecular weight is 884 g/mol. The number of nitrogens with zero attached hydrogens (tertiary/aromatic N) is 6. The number of ether oxygens (including phenoxy) is 3. The van der Waals surface area contributed by atoms with Gasteiger partial charge in [-0.25, -0.2) is 15.0 Å². The van der Waals surface area contributed by atoms with Gasteiger partial charge in [-0.05, 0) is 86.8 Å². The van der Waals surface area contributed by atoms with E-state index in [0.29, 0.717) is 33.8 Å². The third kappa shape index (κ3) is 8.47. The van der Waals surface area contributed by atoms with Crippen LogP contribution in [0, 0.1) is 11.3 Å². The monoisotopic (exact) mass is 883 g/mol. The zero-order valence-electron chi connectivity index (χ0n) is 37.7. The van der Waals surface area contributed by atoms with Crippen molar-refractivity contribution in [3.8, 4) is 17.6 Å². The summed E-state index contributed by atoms with van der Waals surface area (Å²) in [6.07, 6.45) is -2.33. The van der Waals surface area contributed by atoms with Crippen molar-refractivity contribution in [2.24, 2.45) is 0 Å². The van der Waals surface area contributed by atoms with Crippen molar-refractivity contribution in [3.05, 3.63) is 108 Å². The van der Waals surface area contributed by atoms with Crippen molar-refractivity contribution in [1.82, 2.24) is 24.2 Å². The number of aliphatic hydroxyl groups is 2. The first-order chi connectivity index (χ1) is 29.4. The summed E-state index contributed by atoms with van der Waals surface area (Å²) in [4.78, 5) is 13.4. The van der Waals surface area contributed by atoms with Gasteiger partial charge < -0.3 is 39.1 Å². The average Bonchev–Trinajstić information content (AvgIpc) is 3.80. The standard InChI is InChI=1S/C46H62N7O7PSi/c1-30(2)53(31(3)4)61(58-27-15-26-47)46(55)39(59-43(40(46)60-62(10,11)44(5,6)7)52-29-51-37-41(48)49-28-50-42(37)52)38(54)45(32-16-13-12-14-17-32,33-18-22-35(56-8)23-19-33)34-20-24-36(57-9)25-21-34/h12-14,16-25,28-31,38-40,43,54-55H,15,27H2,1-11H3,(H2,48,49,50)/t38?,39-,40+,43-,46+,61?/m1/s1. The van der Waals surface area contributed by atoms with E-state index in [1.54, 1.807) is 25.1 Å². The van der Waals surface area contributed by atoms with E-state index in [0.717, 1.165) is 5.56 Å². The number of hydrogen-bond acceptors (Lipinski definition) is 13. The molecule has 0 aliphatic carbocycles. The Kier molecular flexibility index (Phi) is 14.2. The first-order valence-electron chi connectivity index (χ1n) is 21.0. The number of nitriles is 1. The molecule has 0 spiro atoms. The number of imidazole rings is 1. The maximum Gasteiger partial charge on any atom is 0.192 e. The fourth-order valence-corrected chi connectivity index (χ4v) is 12.3. The van der Waals surface area contributed by atoms with Crippen molar-refractivity contribution < 1.29 is 33.4 Å². The highest BCUT2D eigenvalue weighted by Crippen LogP contribution is 2.66. The molecule has 4 N–H and O–H groups in total. The number of fused-ring (bicyclic) bond motifs is 1. The number of aliphatic hydroxyl groups excluding tert-OH is 1. The molecule has 332 valence electrons. The predicted octanol–water partition coefficient (Wildman–Crippen LogP) is 8.16. The van der Waals surface area contributed by atoms with Crippen LogP contribution in [0.15, 0.2) is 91.5 Å². The molecule has 1 fully saturated rings. The van der Waals surface area contributed by atoms with Crippen LogP contribution in [0.2, 0.25) is 18.1 Å². The molecule has 1 aliphatic heterocycles. The Morgan fingerprint density at radius 3 is 1.95 bits per heavy atom. The van der Waals surface area contributed by atoms with Crippen LogP contribution in [0.4, 0.5) is 5.82 Å². The molecule has 5 aromatic rings. The molecule has 6 rings (SSSR count). The molecular formula is C46H62N7O7PSi. The lowest BCUT2D eigenvalue weighted by Gasteiger charge is -2.51. The Labute approximate surface area is 368 Å². The molecule has 62 heavy (non-hydrogen) atoms.